The Bertz CT molecular complexity index is 473. The second-order valence-corrected chi connectivity index (χ2v) is 4.76. The third-order valence-corrected chi connectivity index (χ3v) is 3.42. The van der Waals surface area contributed by atoms with Gasteiger partial charge in [0, 0.05) is 24.5 Å². The number of nitrogen functional groups attached to an aromatic ring is 2. The lowest BCUT2D eigenvalue weighted by Gasteiger charge is -2.22. The monoisotopic (exact) mass is 244 g/mol. The smallest absolute Gasteiger partial charge is 0.0554 e. The molecule has 6 N–H and O–H groups in total. The Morgan fingerprint density at radius 2 is 2.06 bits per heavy atom. The number of aliphatic imine (C=N–C) groups is 1. The van der Waals surface area contributed by atoms with Crippen molar-refractivity contribution in [1.29, 1.82) is 0 Å². The van der Waals surface area contributed by atoms with Gasteiger partial charge in [0.1, 0.15) is 0 Å². The van der Waals surface area contributed by atoms with Crippen LogP contribution in [-0.4, -0.2) is 12.8 Å². The second-order valence-electron chi connectivity index (χ2n) is 4.76. The van der Waals surface area contributed by atoms with Gasteiger partial charge in [-0.1, -0.05) is 12.5 Å². The Morgan fingerprint density at radius 3 is 2.61 bits per heavy atom. The van der Waals surface area contributed by atoms with Gasteiger partial charge in [-0.25, -0.2) is 0 Å². The van der Waals surface area contributed by atoms with Crippen molar-refractivity contribution < 1.29 is 0 Å². The molecule has 4 nitrogen and oxygen atoms in total. The van der Waals surface area contributed by atoms with Gasteiger partial charge in [0.05, 0.1) is 11.4 Å². The highest BCUT2D eigenvalue weighted by atomic mass is 14.7. The van der Waals surface area contributed by atoms with Crippen LogP contribution >= 0.6 is 0 Å². The molecule has 1 aromatic carbocycles. The van der Waals surface area contributed by atoms with Gasteiger partial charge in [-0.3, -0.25) is 4.99 Å². The molecule has 4 heteroatoms. The van der Waals surface area contributed by atoms with Gasteiger partial charge in [0.2, 0.25) is 0 Å². The van der Waals surface area contributed by atoms with Crippen molar-refractivity contribution in [3.05, 3.63) is 30.0 Å². The molecule has 1 saturated carbocycles. The van der Waals surface area contributed by atoms with E-state index in [9.17, 15) is 0 Å². The highest BCUT2D eigenvalue weighted by Gasteiger charge is 2.15. The van der Waals surface area contributed by atoms with Crippen molar-refractivity contribution in [3.63, 3.8) is 0 Å². The topological polar surface area (TPSA) is 90.4 Å². The molecule has 1 aliphatic rings. The summed E-state index contributed by atoms with van der Waals surface area (Å²) >= 11 is 0. The van der Waals surface area contributed by atoms with Crippen LogP contribution in [0.1, 0.15) is 24.8 Å². The van der Waals surface area contributed by atoms with Crippen molar-refractivity contribution in [2.24, 2.45) is 16.6 Å². The Kier molecular flexibility index (Phi) is 3.87. The predicted molar refractivity (Wildman–Crippen MR) is 78.1 cm³/mol. The second kappa shape index (κ2) is 5.58. The number of anilines is 2. The van der Waals surface area contributed by atoms with E-state index in [-0.39, 0.29) is 0 Å². The number of allylic oxidation sites excluding steroid dienone is 1. The number of nitrogens with zero attached hydrogens (tertiary/aromatic N) is 1. The van der Waals surface area contributed by atoms with E-state index in [1.807, 2.05) is 18.3 Å². The van der Waals surface area contributed by atoms with Crippen LogP contribution in [0.5, 0.6) is 0 Å². The summed E-state index contributed by atoms with van der Waals surface area (Å²) in [7, 11) is 0. The molecule has 1 aliphatic carbocycles. The molecule has 1 fully saturated rings. The maximum absolute atomic E-state index is 5.78. The van der Waals surface area contributed by atoms with Crippen LogP contribution in [0.25, 0.3) is 5.57 Å². The first-order chi connectivity index (χ1) is 8.70. The first kappa shape index (κ1) is 12.5. The van der Waals surface area contributed by atoms with Crippen molar-refractivity contribution in [2.45, 2.75) is 19.3 Å². The molecule has 2 rings (SSSR count). The van der Waals surface area contributed by atoms with Gasteiger partial charge in [-0.15, -0.1) is 0 Å². The largest absolute Gasteiger partial charge is 0.404 e. The van der Waals surface area contributed by atoms with Crippen LogP contribution in [0.2, 0.25) is 0 Å². The van der Waals surface area contributed by atoms with Crippen molar-refractivity contribution in [3.8, 4) is 0 Å². The highest BCUT2D eigenvalue weighted by Crippen LogP contribution is 2.26. The summed E-state index contributed by atoms with van der Waals surface area (Å²) in [6.07, 6.45) is 7.31. The molecule has 0 bridgehead atoms. The molecule has 1 aromatic rings. The normalized spacial score (nSPS) is 17.0. The lowest BCUT2D eigenvalue weighted by Crippen LogP contribution is -2.14. The van der Waals surface area contributed by atoms with E-state index >= 15 is 0 Å². The van der Waals surface area contributed by atoms with Crippen LogP contribution in [0, 0.1) is 5.92 Å². The Hall–Kier alpha value is -1.97. The van der Waals surface area contributed by atoms with Gasteiger partial charge in [-0.2, -0.15) is 0 Å². The number of hydrogen-bond acceptors (Lipinski definition) is 4. The fraction of sp³-hybridized carbons (Fsp3) is 0.357. The third-order valence-electron chi connectivity index (χ3n) is 3.42. The molecule has 0 atom stereocenters. The van der Waals surface area contributed by atoms with Gasteiger partial charge in [0.15, 0.2) is 0 Å². The van der Waals surface area contributed by atoms with Crippen molar-refractivity contribution in [1.82, 2.24) is 0 Å². The highest BCUT2D eigenvalue weighted by molar-refractivity contribution is 6.10. The predicted octanol–water partition coefficient (Wildman–Crippen LogP) is 2.02. The minimum absolute atomic E-state index is 0.569. The summed E-state index contributed by atoms with van der Waals surface area (Å²) in [4.78, 5) is 4.45. The quantitative estimate of drug-likeness (QED) is 0.559. The summed E-state index contributed by atoms with van der Waals surface area (Å²) in [5, 5.41) is 0. The number of hydrogen-bond donors (Lipinski definition) is 3. The average Bonchev–Trinajstić information content (AvgIpc) is 2.31. The van der Waals surface area contributed by atoms with Gasteiger partial charge < -0.3 is 17.2 Å². The number of rotatable bonds is 4. The minimum atomic E-state index is 0.569. The lowest BCUT2D eigenvalue weighted by atomic mass is 9.86. The molecular weight excluding hydrogens is 224 g/mol. The van der Waals surface area contributed by atoms with Gasteiger partial charge in [0.25, 0.3) is 0 Å². The van der Waals surface area contributed by atoms with Crippen LogP contribution in [-0.2, 0) is 0 Å². The lowest BCUT2D eigenvalue weighted by molar-refractivity contribution is 0.326. The third kappa shape index (κ3) is 2.83. The minimum Gasteiger partial charge on any atom is -0.404 e. The van der Waals surface area contributed by atoms with E-state index in [1.165, 1.54) is 19.3 Å². The van der Waals surface area contributed by atoms with E-state index in [0.717, 1.165) is 23.6 Å². The van der Waals surface area contributed by atoms with E-state index in [0.29, 0.717) is 11.4 Å². The molecule has 18 heavy (non-hydrogen) atoms. The maximum Gasteiger partial charge on any atom is 0.0554 e. The average molecular weight is 244 g/mol. The molecule has 0 saturated heterocycles. The molecular formula is C14H20N4. The van der Waals surface area contributed by atoms with Crippen molar-refractivity contribution in [2.75, 3.05) is 18.0 Å². The molecule has 0 unspecified atom stereocenters. The Labute approximate surface area is 108 Å². The maximum atomic E-state index is 5.78. The Balaban J connectivity index is 2.05. The van der Waals surface area contributed by atoms with Crippen molar-refractivity contribution >= 4 is 23.2 Å². The van der Waals surface area contributed by atoms with Crippen LogP contribution in [0.3, 0.4) is 0 Å². The first-order valence-corrected chi connectivity index (χ1v) is 6.28. The zero-order valence-corrected chi connectivity index (χ0v) is 10.5. The zero-order chi connectivity index (χ0) is 13.0. The number of nitrogens with two attached hydrogens (primary N) is 3. The molecule has 0 radical (unpaired) electrons. The fourth-order valence-electron chi connectivity index (χ4n) is 1.94. The number of benzene rings is 1. The van der Waals surface area contributed by atoms with E-state index < -0.39 is 0 Å². The van der Waals surface area contributed by atoms with Crippen LogP contribution in [0.4, 0.5) is 11.4 Å². The summed E-state index contributed by atoms with van der Waals surface area (Å²) in [6, 6.07) is 5.51. The Morgan fingerprint density at radius 1 is 1.28 bits per heavy atom. The molecule has 0 heterocycles. The van der Waals surface area contributed by atoms with Crippen LogP contribution < -0.4 is 17.2 Å². The molecule has 0 aliphatic heterocycles. The summed E-state index contributed by atoms with van der Waals surface area (Å²) in [5.41, 5.74) is 20.1. The molecule has 0 aromatic heterocycles. The summed E-state index contributed by atoms with van der Waals surface area (Å²) in [5.74, 6) is 0.761. The van der Waals surface area contributed by atoms with E-state index in [1.54, 1.807) is 12.3 Å². The zero-order valence-electron chi connectivity index (χ0n) is 10.5. The van der Waals surface area contributed by atoms with Gasteiger partial charge >= 0.3 is 0 Å². The van der Waals surface area contributed by atoms with E-state index in [2.05, 4.69) is 4.99 Å². The first-order valence-electron chi connectivity index (χ1n) is 6.28. The summed E-state index contributed by atoms with van der Waals surface area (Å²) in [6.45, 7) is 0.891. The standard InChI is InChI=1S/C14H20N4/c15-7-12(9-18-8-10-2-1-3-10)11-4-5-13(16)14(17)6-11/h4-7,9-10H,1-3,8,15-17H2. The molecule has 0 spiro atoms. The fourth-order valence-corrected chi connectivity index (χ4v) is 1.94. The SMILES string of the molecule is NC=C(C=NCC1CCC1)c1ccc(N)c(N)c1. The van der Waals surface area contributed by atoms with E-state index in [4.69, 9.17) is 17.2 Å². The van der Waals surface area contributed by atoms with Crippen LogP contribution in [0.15, 0.2) is 29.4 Å². The summed E-state index contributed by atoms with van der Waals surface area (Å²) < 4.78 is 0. The molecule has 0 amide bonds. The molecule has 96 valence electrons. The van der Waals surface area contributed by atoms with Gasteiger partial charge in [-0.05, 0) is 36.5 Å².